The standard InChI is InChI=1S/C12H12Cl2N2O.3C12H12ClFN2O.C12H11ClN2O2.C12H13ClN2O.C12H13FN2O.C12H14N2O.8CH4/c1-12(2,17)11-8(15)5-16-9-4-6(13)3-7(14)10(9)11;1-12(2,17)11-8(15)5-16-9-4-6(14)3-7(13)10(9)11;1-12(2,17)10-7(15)5-16-8-4-3-6(14)11(13)9(8)10;1-12(2,17)10-7(15)5-16-8-4-3-6(13)11(14)9(8)10;13-7-1-2-10-8(3-7)11(9(14)4-15-10)12(16)5-17-6-12;1-12(2,16)11-8-5-7(13)3-4-10(8)15-6-9(11)14;1-12(2,16)11-8(14)6-15-9-5-3-4-7(13)10(9)11;1-12(2,15)11-8-5-3-4-6-10(8)14-7-9(11)13;;;;;;;;/h4*3-5,17H,15H2,1-2H3;1-4,16H,5-6,14H2;2*3-6,16H,14H2,1-2H3;3-7,15H,13H2,1-2H3;8*1H4. The highest BCUT2D eigenvalue weighted by molar-refractivity contribution is 6.39. The van der Waals surface area contributed by atoms with Crippen LogP contribution in [0.15, 0.2) is 177 Å². The van der Waals surface area contributed by atoms with Gasteiger partial charge in [-0.05, 0) is 194 Å². The van der Waals surface area contributed by atoms with Crippen LogP contribution in [-0.2, 0) is 49.5 Å². The molecule has 25 nitrogen and oxygen atoms in total. The van der Waals surface area contributed by atoms with Crippen LogP contribution in [0.2, 0.25) is 35.2 Å². The van der Waals surface area contributed by atoms with Gasteiger partial charge in [0, 0.05) is 109 Å². The van der Waals surface area contributed by atoms with Crippen LogP contribution in [0, 0.1) is 23.3 Å². The van der Waals surface area contributed by atoms with E-state index in [1.807, 2.05) is 36.4 Å². The second kappa shape index (κ2) is 48.5. The molecule has 140 heavy (non-hydrogen) atoms. The average Bonchev–Trinajstić information content (AvgIpc) is 0.745. The number of nitrogen functional groups attached to an aromatic ring is 8. The van der Waals surface area contributed by atoms with Crippen molar-refractivity contribution in [1.29, 1.82) is 0 Å². The van der Waals surface area contributed by atoms with E-state index in [1.54, 1.807) is 170 Å². The number of anilines is 8. The predicted molar refractivity (Wildman–Crippen MR) is 579 cm³/mol. The maximum Gasteiger partial charge on any atom is 0.151 e. The van der Waals surface area contributed by atoms with Crippen LogP contribution in [-0.4, -0.2) is 93.9 Å². The first-order valence-electron chi connectivity index (χ1n) is 40.3. The van der Waals surface area contributed by atoms with Gasteiger partial charge in [0.1, 0.15) is 23.1 Å². The molecule has 0 atom stereocenters. The lowest BCUT2D eigenvalue weighted by molar-refractivity contribution is -0.183. The molecule has 8 aromatic carbocycles. The number of hydrogen-bond acceptors (Lipinski definition) is 25. The highest BCUT2D eigenvalue weighted by atomic mass is 35.5. The third-order valence-corrected chi connectivity index (χ3v) is 22.5. The number of nitrogens with zero attached hydrogens (tertiary/aromatic N) is 8. The Bertz CT molecular complexity index is 6840. The molecule has 17 rings (SSSR count). The fraction of sp³-hybridized carbons (Fsp3) is 0.308. The van der Waals surface area contributed by atoms with Crippen LogP contribution in [0.4, 0.5) is 63.1 Å². The fourth-order valence-electron chi connectivity index (χ4n) is 15.3. The molecule has 1 aliphatic rings. The Labute approximate surface area is 851 Å². The van der Waals surface area contributed by atoms with E-state index >= 15 is 0 Å². The maximum atomic E-state index is 14.0. The summed E-state index contributed by atoms with van der Waals surface area (Å²) >= 11 is 41.6. The van der Waals surface area contributed by atoms with Crippen LogP contribution in [0.3, 0.4) is 0 Å². The van der Waals surface area contributed by atoms with Gasteiger partial charge in [0.15, 0.2) is 5.82 Å². The van der Waals surface area contributed by atoms with Gasteiger partial charge in [0.05, 0.1) is 212 Å². The molecule has 0 saturated carbocycles. The molecule has 0 amide bonds. The topological polar surface area (TPSA) is 482 Å². The number of aliphatic hydroxyl groups is 8. The van der Waals surface area contributed by atoms with Crippen LogP contribution in [0.25, 0.3) is 87.2 Å². The lowest BCUT2D eigenvalue weighted by atomic mass is 9.88. The molecule has 0 aliphatic carbocycles. The van der Waals surface area contributed by atoms with Crippen molar-refractivity contribution in [2.24, 2.45) is 0 Å². The lowest BCUT2D eigenvalue weighted by Gasteiger charge is -2.38. The molecule has 0 bridgehead atoms. The van der Waals surface area contributed by atoms with E-state index in [1.165, 1.54) is 67.4 Å². The van der Waals surface area contributed by atoms with E-state index < -0.39 is 68.1 Å². The molecule has 1 aliphatic heterocycles. The first-order chi connectivity index (χ1) is 61.1. The van der Waals surface area contributed by atoms with Crippen LogP contribution < -0.4 is 45.9 Å². The number of halogens is 11. The first-order valence-corrected chi connectivity index (χ1v) is 42.9. The number of pyridine rings is 8. The first kappa shape index (κ1) is 125. The van der Waals surface area contributed by atoms with Crippen molar-refractivity contribution in [2.45, 2.75) is 201 Å². The van der Waals surface area contributed by atoms with Crippen LogP contribution >= 0.6 is 81.2 Å². The van der Waals surface area contributed by atoms with Gasteiger partial charge in [-0.3, -0.25) is 39.9 Å². The minimum atomic E-state index is -1.27. The van der Waals surface area contributed by atoms with E-state index in [2.05, 4.69) is 39.9 Å². The smallest absolute Gasteiger partial charge is 0.151 e. The number of hydrogen-bond donors (Lipinski definition) is 16. The summed E-state index contributed by atoms with van der Waals surface area (Å²) in [6.45, 7) is 23.2. The lowest BCUT2D eigenvalue weighted by Crippen LogP contribution is -2.47. The highest BCUT2D eigenvalue weighted by Gasteiger charge is 2.41. The number of benzene rings is 8. The zero-order valence-electron chi connectivity index (χ0n) is 74.0. The van der Waals surface area contributed by atoms with E-state index in [-0.39, 0.29) is 110 Å². The van der Waals surface area contributed by atoms with Gasteiger partial charge in [0.2, 0.25) is 0 Å². The fourth-order valence-corrected chi connectivity index (χ4v) is 17.0. The molecule has 8 aromatic heterocycles. The Morgan fingerprint density at radius 1 is 0.286 bits per heavy atom. The summed E-state index contributed by atoms with van der Waals surface area (Å²) in [4.78, 5) is 33.0. The van der Waals surface area contributed by atoms with E-state index in [0.717, 1.165) is 38.3 Å². The van der Waals surface area contributed by atoms with Crippen molar-refractivity contribution in [3.63, 3.8) is 0 Å². The van der Waals surface area contributed by atoms with Crippen molar-refractivity contribution < 1.29 is 63.2 Å². The van der Waals surface area contributed by atoms with E-state index in [4.69, 9.17) is 132 Å². The number of aromatic nitrogens is 8. The van der Waals surface area contributed by atoms with Gasteiger partial charge >= 0.3 is 0 Å². The van der Waals surface area contributed by atoms with E-state index in [0.29, 0.717) is 137 Å². The molecule has 1 fully saturated rings. The van der Waals surface area contributed by atoms with E-state index in [9.17, 15) is 58.4 Å². The van der Waals surface area contributed by atoms with Crippen molar-refractivity contribution >= 4 is 214 Å². The van der Waals surface area contributed by atoms with Crippen molar-refractivity contribution in [3.8, 4) is 0 Å². The number of fused-ring (bicyclic) bond motifs is 8. The molecule has 9 heterocycles. The molecule has 758 valence electrons. The highest BCUT2D eigenvalue weighted by Crippen LogP contribution is 2.45. The summed E-state index contributed by atoms with van der Waals surface area (Å²) in [5.74, 6) is -2.06. The third kappa shape index (κ3) is 28.4. The van der Waals surface area contributed by atoms with Crippen LogP contribution in [0.1, 0.15) is 201 Å². The zero-order chi connectivity index (χ0) is 98.1. The Kier molecular flexibility index (Phi) is 43.3. The van der Waals surface area contributed by atoms with Crippen molar-refractivity contribution in [2.75, 3.05) is 59.1 Å². The third-order valence-electron chi connectivity index (χ3n) is 20.6. The molecule has 0 spiro atoms. The molecule has 0 radical (unpaired) electrons. The van der Waals surface area contributed by atoms with Crippen molar-refractivity contribution in [3.05, 3.63) is 280 Å². The summed E-state index contributed by atoms with van der Waals surface area (Å²) in [6, 6.07) is 34.5. The molecule has 16 aromatic rings. The summed E-state index contributed by atoms with van der Waals surface area (Å²) in [5.41, 5.74) is 49.7. The second-order valence-electron chi connectivity index (χ2n) is 34.7. The SMILES string of the molecule is C.C.C.C.C.C.C.C.CC(C)(O)c1c(N)cnc2cc(Cl)cc(Cl)c12.CC(C)(O)c1c(N)cnc2cc(F)cc(Cl)c12.CC(C)(O)c1c(N)cnc2ccc(Cl)c(F)c12.CC(C)(O)c1c(N)cnc2ccc(Cl)cc12.CC(C)(O)c1c(N)cnc2ccc(F)c(Cl)c12.CC(C)(O)c1c(N)cnc2cccc(F)c12.CC(C)(O)c1c(N)cnc2ccccc12.Nc1cnc2ccc(Cl)cc2c1C1(O)COC1. The van der Waals surface area contributed by atoms with Gasteiger partial charge in [-0.15, -0.1) is 0 Å². The molecule has 24 N–H and O–H groups in total. The molecule has 36 heteroatoms. The van der Waals surface area contributed by atoms with Gasteiger partial charge in [0.25, 0.3) is 0 Å². The second-order valence-corrected chi connectivity index (χ2v) is 37.6. The largest absolute Gasteiger partial charge is 0.397 e. The Morgan fingerprint density at radius 2 is 0.600 bits per heavy atom. The summed E-state index contributed by atoms with van der Waals surface area (Å²) in [6.07, 6.45) is 11.9. The summed E-state index contributed by atoms with van der Waals surface area (Å²) in [5, 5.41) is 87.6. The predicted octanol–water partition coefficient (Wildman–Crippen LogP) is 25.6. The zero-order valence-corrected chi connectivity index (χ0v) is 79.3. The number of nitrogens with two attached hydrogens (primary N) is 8. The molecular weight excluding hydrogens is 1940 g/mol. The van der Waals surface area contributed by atoms with Crippen molar-refractivity contribution in [1.82, 2.24) is 39.9 Å². The van der Waals surface area contributed by atoms with Gasteiger partial charge in [-0.25, -0.2) is 17.6 Å². The Hall–Kier alpha value is -11.2. The molecular formula is C104H131Cl7F4N16O9. The quantitative estimate of drug-likeness (QED) is 0.0628. The number of ether oxygens (including phenoxy) is 1. The molecule has 1 saturated heterocycles. The minimum Gasteiger partial charge on any atom is -0.397 e. The van der Waals surface area contributed by atoms with Crippen LogP contribution in [0.5, 0.6) is 0 Å². The Morgan fingerprint density at radius 3 is 1.03 bits per heavy atom. The number of para-hydroxylation sites is 1. The Balaban J connectivity index is 0.000000537. The monoisotopic (exact) mass is 2070 g/mol. The number of rotatable bonds is 8. The summed E-state index contributed by atoms with van der Waals surface area (Å²) in [7, 11) is 0. The van der Waals surface area contributed by atoms with Gasteiger partial charge < -0.3 is 91.5 Å². The normalized spacial score (nSPS) is 12.1. The van der Waals surface area contributed by atoms with Gasteiger partial charge in [-0.1, -0.05) is 165 Å². The minimum absolute atomic E-state index is 0. The summed E-state index contributed by atoms with van der Waals surface area (Å²) < 4.78 is 59.5. The maximum absolute atomic E-state index is 14.0. The molecule has 0 unspecified atom stereocenters. The van der Waals surface area contributed by atoms with Gasteiger partial charge in [-0.2, -0.15) is 0 Å². The average molecular weight is 2070 g/mol.